The summed E-state index contributed by atoms with van der Waals surface area (Å²) in [6, 6.07) is 8.21. The van der Waals surface area contributed by atoms with Crippen LogP contribution >= 0.6 is 0 Å². The van der Waals surface area contributed by atoms with Gasteiger partial charge in [-0.05, 0) is 37.1 Å². The molecule has 3 rings (SSSR count). The molecule has 2 heterocycles. The van der Waals surface area contributed by atoms with Gasteiger partial charge in [0.05, 0.1) is 5.69 Å². The van der Waals surface area contributed by atoms with Crippen LogP contribution in [0.2, 0.25) is 0 Å². The Hall–Kier alpha value is -2.24. The van der Waals surface area contributed by atoms with Crippen LogP contribution in [0.25, 0.3) is 11.0 Å². The third-order valence-corrected chi connectivity index (χ3v) is 3.50. The monoisotopic (exact) mass is 285 g/mol. The van der Waals surface area contributed by atoms with E-state index >= 15 is 0 Å². The fraction of sp³-hybridized carbons (Fsp3) is 0.188. The highest BCUT2D eigenvalue weighted by molar-refractivity contribution is 5.78. The van der Waals surface area contributed by atoms with E-state index < -0.39 is 6.04 Å². The molecule has 0 aliphatic heterocycles. The molecule has 0 aliphatic rings. The van der Waals surface area contributed by atoms with Crippen LogP contribution in [0.3, 0.4) is 0 Å². The molecule has 0 bridgehead atoms. The van der Waals surface area contributed by atoms with Crippen molar-refractivity contribution in [2.24, 2.45) is 5.84 Å². The molecule has 4 nitrogen and oxygen atoms in total. The Balaban J connectivity index is 2.11. The van der Waals surface area contributed by atoms with Crippen molar-refractivity contribution in [3.05, 3.63) is 64.9 Å². The lowest BCUT2D eigenvalue weighted by atomic mass is 10.0. The molecule has 0 amide bonds. The maximum Gasteiger partial charge on any atom is 0.169 e. The third kappa shape index (κ3) is 2.41. The number of aromatic nitrogens is 1. The summed E-state index contributed by atoms with van der Waals surface area (Å²) in [6.45, 7) is 3.94. The van der Waals surface area contributed by atoms with Crippen molar-refractivity contribution in [3.63, 3.8) is 0 Å². The highest BCUT2D eigenvalue weighted by Gasteiger charge is 2.21. The highest BCUT2D eigenvalue weighted by Crippen LogP contribution is 2.29. The molecule has 0 spiro atoms. The Morgan fingerprint density at radius 2 is 2.10 bits per heavy atom. The second kappa shape index (κ2) is 5.27. The number of halogens is 1. The van der Waals surface area contributed by atoms with Crippen LogP contribution in [0.4, 0.5) is 4.39 Å². The summed E-state index contributed by atoms with van der Waals surface area (Å²) in [7, 11) is 0. The maximum atomic E-state index is 13.7. The second-order valence-electron chi connectivity index (χ2n) is 5.12. The number of hydrogen-bond acceptors (Lipinski definition) is 4. The molecule has 1 atom stereocenters. The van der Waals surface area contributed by atoms with E-state index in [9.17, 15) is 4.39 Å². The number of fused-ring (bicyclic) bond motifs is 1. The van der Waals surface area contributed by atoms with E-state index in [0.717, 1.165) is 16.8 Å². The normalized spacial score (nSPS) is 12.8. The number of nitrogens with two attached hydrogens (primary N) is 1. The molecule has 0 fully saturated rings. The van der Waals surface area contributed by atoms with Crippen LogP contribution in [0.15, 0.2) is 40.9 Å². The SMILES string of the molecule is Cc1cnc(C(NN)c2cc3cccc(F)c3o2)c(C)c1. The van der Waals surface area contributed by atoms with E-state index in [1.165, 1.54) is 6.07 Å². The average molecular weight is 285 g/mol. The van der Waals surface area contributed by atoms with Gasteiger partial charge in [-0.25, -0.2) is 9.82 Å². The number of hydrogen-bond donors (Lipinski definition) is 2. The van der Waals surface area contributed by atoms with Gasteiger partial charge in [-0.2, -0.15) is 0 Å². The van der Waals surface area contributed by atoms with Crippen LogP contribution in [0.5, 0.6) is 0 Å². The largest absolute Gasteiger partial charge is 0.456 e. The lowest BCUT2D eigenvalue weighted by Gasteiger charge is -2.15. The number of benzene rings is 1. The minimum atomic E-state index is -0.419. The summed E-state index contributed by atoms with van der Waals surface area (Å²) in [5.74, 6) is 5.81. The molecule has 0 saturated heterocycles. The van der Waals surface area contributed by atoms with Crippen LogP contribution in [0.1, 0.15) is 28.6 Å². The summed E-state index contributed by atoms with van der Waals surface area (Å²) >= 11 is 0. The number of nitrogens with zero attached hydrogens (tertiary/aromatic N) is 1. The van der Waals surface area contributed by atoms with E-state index in [1.807, 2.05) is 19.9 Å². The zero-order chi connectivity index (χ0) is 15.0. The van der Waals surface area contributed by atoms with E-state index in [-0.39, 0.29) is 11.4 Å². The van der Waals surface area contributed by atoms with Crippen molar-refractivity contribution >= 4 is 11.0 Å². The van der Waals surface area contributed by atoms with Gasteiger partial charge in [0.15, 0.2) is 11.4 Å². The molecule has 21 heavy (non-hydrogen) atoms. The zero-order valence-electron chi connectivity index (χ0n) is 11.9. The first-order valence-electron chi connectivity index (χ1n) is 6.67. The minimum Gasteiger partial charge on any atom is -0.456 e. The van der Waals surface area contributed by atoms with Crippen LogP contribution in [0, 0.1) is 19.7 Å². The van der Waals surface area contributed by atoms with Gasteiger partial charge in [0, 0.05) is 11.6 Å². The smallest absolute Gasteiger partial charge is 0.169 e. The van der Waals surface area contributed by atoms with Gasteiger partial charge in [0.2, 0.25) is 0 Å². The standard InChI is InChI=1S/C16H16FN3O/c1-9-6-10(2)14(19-8-9)15(20-18)13-7-11-4-3-5-12(17)16(11)21-13/h3-8,15,20H,18H2,1-2H3. The number of furan rings is 1. The molecular weight excluding hydrogens is 269 g/mol. The van der Waals surface area contributed by atoms with Crippen LogP contribution in [-0.2, 0) is 0 Å². The molecule has 0 radical (unpaired) electrons. The first-order chi connectivity index (χ1) is 10.1. The van der Waals surface area contributed by atoms with Gasteiger partial charge in [-0.15, -0.1) is 0 Å². The summed E-state index contributed by atoms with van der Waals surface area (Å²) in [5, 5.41) is 0.704. The lowest BCUT2D eigenvalue weighted by molar-refractivity contribution is 0.458. The lowest BCUT2D eigenvalue weighted by Crippen LogP contribution is -2.29. The summed E-state index contributed by atoms with van der Waals surface area (Å²) in [5.41, 5.74) is 5.77. The number of nitrogens with one attached hydrogen (secondary N) is 1. The zero-order valence-corrected chi connectivity index (χ0v) is 11.9. The third-order valence-electron chi connectivity index (χ3n) is 3.50. The molecular formula is C16H16FN3O. The van der Waals surface area contributed by atoms with Crippen LogP contribution < -0.4 is 11.3 Å². The Morgan fingerprint density at radius 3 is 2.76 bits per heavy atom. The van der Waals surface area contributed by atoms with E-state index in [4.69, 9.17) is 10.3 Å². The van der Waals surface area contributed by atoms with Crippen molar-refractivity contribution in [3.8, 4) is 0 Å². The fourth-order valence-corrected chi connectivity index (χ4v) is 2.51. The van der Waals surface area contributed by atoms with Gasteiger partial charge in [-0.1, -0.05) is 18.2 Å². The molecule has 1 aromatic carbocycles. The molecule has 108 valence electrons. The summed E-state index contributed by atoms with van der Waals surface area (Å²) < 4.78 is 19.4. The van der Waals surface area contributed by atoms with Crippen molar-refractivity contribution in [1.82, 2.24) is 10.4 Å². The molecule has 1 unspecified atom stereocenters. The Kier molecular flexibility index (Phi) is 3.45. The average Bonchev–Trinajstić information content (AvgIpc) is 2.87. The molecule has 0 saturated carbocycles. The summed E-state index contributed by atoms with van der Waals surface area (Å²) in [6.07, 6.45) is 1.77. The van der Waals surface area contributed by atoms with E-state index in [0.29, 0.717) is 11.1 Å². The van der Waals surface area contributed by atoms with Crippen LogP contribution in [-0.4, -0.2) is 4.98 Å². The number of aryl methyl sites for hydroxylation is 2. The Bertz CT molecular complexity index is 797. The molecule has 2 aromatic heterocycles. The molecule has 3 N–H and O–H groups in total. The first-order valence-corrected chi connectivity index (χ1v) is 6.67. The topological polar surface area (TPSA) is 64.1 Å². The number of para-hydroxylation sites is 1. The fourth-order valence-electron chi connectivity index (χ4n) is 2.51. The highest BCUT2D eigenvalue weighted by atomic mass is 19.1. The number of pyridine rings is 1. The van der Waals surface area contributed by atoms with Gasteiger partial charge in [0.25, 0.3) is 0 Å². The predicted molar refractivity (Wildman–Crippen MR) is 79.0 cm³/mol. The van der Waals surface area contributed by atoms with E-state index in [1.54, 1.807) is 24.4 Å². The van der Waals surface area contributed by atoms with Crippen molar-refractivity contribution < 1.29 is 8.81 Å². The van der Waals surface area contributed by atoms with Gasteiger partial charge >= 0.3 is 0 Å². The predicted octanol–water partition coefficient (Wildman–Crippen LogP) is 3.14. The second-order valence-corrected chi connectivity index (χ2v) is 5.12. The van der Waals surface area contributed by atoms with Gasteiger partial charge in [-0.3, -0.25) is 10.8 Å². The van der Waals surface area contributed by atoms with E-state index in [2.05, 4.69) is 10.4 Å². The molecule has 3 aromatic rings. The van der Waals surface area contributed by atoms with Crippen molar-refractivity contribution in [1.29, 1.82) is 0 Å². The van der Waals surface area contributed by atoms with Gasteiger partial charge < -0.3 is 4.42 Å². The summed E-state index contributed by atoms with van der Waals surface area (Å²) in [4.78, 5) is 4.42. The Labute approximate surface area is 121 Å². The molecule has 5 heteroatoms. The minimum absolute atomic E-state index is 0.234. The van der Waals surface area contributed by atoms with Crippen molar-refractivity contribution in [2.75, 3.05) is 0 Å². The first kappa shape index (κ1) is 13.7. The molecule has 0 aliphatic carbocycles. The quantitative estimate of drug-likeness (QED) is 0.573. The Morgan fingerprint density at radius 1 is 1.29 bits per heavy atom. The van der Waals surface area contributed by atoms with Gasteiger partial charge in [0.1, 0.15) is 11.8 Å². The maximum absolute atomic E-state index is 13.7. The van der Waals surface area contributed by atoms with Crippen molar-refractivity contribution in [2.45, 2.75) is 19.9 Å². The number of hydrazine groups is 1. The number of rotatable bonds is 3.